The molecule has 0 spiro atoms. The van der Waals surface area contributed by atoms with Gasteiger partial charge in [-0.2, -0.15) is 0 Å². The second-order valence-corrected chi connectivity index (χ2v) is 5.50. The van der Waals surface area contributed by atoms with Gasteiger partial charge in [-0.1, -0.05) is 52.3 Å². The Morgan fingerprint density at radius 1 is 1.16 bits per heavy atom. The van der Waals surface area contributed by atoms with Crippen molar-refractivity contribution in [3.05, 3.63) is 64.1 Å². The molecule has 0 saturated carbocycles. The summed E-state index contributed by atoms with van der Waals surface area (Å²) < 4.78 is 0.959. The van der Waals surface area contributed by atoms with E-state index < -0.39 is 0 Å². The lowest BCUT2D eigenvalue weighted by atomic mass is 10.0. The van der Waals surface area contributed by atoms with Gasteiger partial charge in [0.05, 0.1) is 5.92 Å². The van der Waals surface area contributed by atoms with Crippen LogP contribution in [0.4, 0.5) is 5.69 Å². The largest absolute Gasteiger partial charge is 0.325 e. The Morgan fingerprint density at radius 3 is 2.53 bits per heavy atom. The molecular weight excluding hydrogens is 302 g/mol. The number of amides is 1. The fourth-order valence-corrected chi connectivity index (χ4v) is 2.22. The molecule has 0 aromatic heterocycles. The maximum atomic E-state index is 12.2. The van der Waals surface area contributed by atoms with Crippen LogP contribution in [0.2, 0.25) is 0 Å². The third-order valence-corrected chi connectivity index (χ3v) is 3.64. The fraction of sp³-hybridized carbons (Fsp3) is 0.188. The van der Waals surface area contributed by atoms with Gasteiger partial charge in [-0.05, 0) is 37.1 Å². The Labute approximate surface area is 122 Å². The second kappa shape index (κ2) is 6.02. The predicted octanol–water partition coefficient (Wildman–Crippen LogP) is 4.50. The number of nitrogens with one attached hydrogen (secondary N) is 1. The highest BCUT2D eigenvalue weighted by atomic mass is 79.9. The van der Waals surface area contributed by atoms with Gasteiger partial charge in [-0.3, -0.25) is 4.79 Å². The van der Waals surface area contributed by atoms with Crippen LogP contribution in [0.15, 0.2) is 53.0 Å². The van der Waals surface area contributed by atoms with Crippen LogP contribution >= 0.6 is 15.9 Å². The molecule has 3 heteroatoms. The van der Waals surface area contributed by atoms with Crippen molar-refractivity contribution in [3.63, 3.8) is 0 Å². The normalized spacial score (nSPS) is 11.9. The first-order chi connectivity index (χ1) is 9.08. The number of carbonyl (C=O) groups is 1. The fourth-order valence-electron chi connectivity index (χ4n) is 1.86. The molecule has 0 saturated heterocycles. The molecule has 2 nitrogen and oxygen atoms in total. The number of aryl methyl sites for hydroxylation is 1. The van der Waals surface area contributed by atoms with Crippen LogP contribution in [0.1, 0.15) is 24.0 Å². The molecule has 0 aliphatic rings. The molecule has 0 bridgehead atoms. The van der Waals surface area contributed by atoms with Gasteiger partial charge >= 0.3 is 0 Å². The molecule has 0 aliphatic carbocycles. The van der Waals surface area contributed by atoms with Crippen LogP contribution < -0.4 is 5.32 Å². The van der Waals surface area contributed by atoms with E-state index in [4.69, 9.17) is 0 Å². The summed E-state index contributed by atoms with van der Waals surface area (Å²) in [5.74, 6) is -0.160. The van der Waals surface area contributed by atoms with Gasteiger partial charge in [0.25, 0.3) is 0 Å². The van der Waals surface area contributed by atoms with Gasteiger partial charge in [0, 0.05) is 10.2 Å². The molecule has 1 amide bonds. The molecule has 19 heavy (non-hydrogen) atoms. The lowest BCUT2D eigenvalue weighted by molar-refractivity contribution is -0.117. The average molecular weight is 318 g/mol. The topological polar surface area (TPSA) is 29.1 Å². The van der Waals surface area contributed by atoms with Crippen LogP contribution in [0.5, 0.6) is 0 Å². The summed E-state index contributed by atoms with van der Waals surface area (Å²) in [4.78, 5) is 12.2. The summed E-state index contributed by atoms with van der Waals surface area (Å²) in [5.41, 5.74) is 2.92. The van der Waals surface area contributed by atoms with Crippen molar-refractivity contribution < 1.29 is 4.79 Å². The Morgan fingerprint density at radius 2 is 1.84 bits per heavy atom. The smallest absolute Gasteiger partial charge is 0.231 e. The molecule has 0 heterocycles. The van der Waals surface area contributed by atoms with Crippen molar-refractivity contribution >= 4 is 27.5 Å². The van der Waals surface area contributed by atoms with E-state index in [1.165, 1.54) is 0 Å². The Hall–Kier alpha value is -1.61. The van der Waals surface area contributed by atoms with Gasteiger partial charge in [-0.25, -0.2) is 0 Å². The minimum absolute atomic E-state index is 0.00685. The van der Waals surface area contributed by atoms with Crippen LogP contribution in [0.25, 0.3) is 0 Å². The maximum Gasteiger partial charge on any atom is 0.231 e. The Bertz CT molecular complexity index is 581. The molecule has 2 aromatic rings. The predicted molar refractivity (Wildman–Crippen MR) is 82.4 cm³/mol. The molecule has 2 aromatic carbocycles. The average Bonchev–Trinajstić information content (AvgIpc) is 2.43. The molecule has 98 valence electrons. The minimum atomic E-state index is -0.167. The van der Waals surface area contributed by atoms with Crippen molar-refractivity contribution in [1.29, 1.82) is 0 Å². The summed E-state index contributed by atoms with van der Waals surface area (Å²) in [7, 11) is 0. The van der Waals surface area contributed by atoms with E-state index in [1.807, 2.05) is 62.4 Å². The summed E-state index contributed by atoms with van der Waals surface area (Å²) in [6.45, 7) is 3.90. The number of hydrogen-bond donors (Lipinski definition) is 1. The third kappa shape index (κ3) is 3.44. The molecule has 0 fully saturated rings. The van der Waals surface area contributed by atoms with Crippen molar-refractivity contribution in [2.75, 3.05) is 5.32 Å². The highest BCUT2D eigenvalue weighted by Gasteiger charge is 2.15. The van der Waals surface area contributed by atoms with E-state index in [-0.39, 0.29) is 11.8 Å². The molecule has 2 rings (SSSR count). The quantitative estimate of drug-likeness (QED) is 0.887. The number of hydrogen-bond acceptors (Lipinski definition) is 1. The molecule has 1 unspecified atom stereocenters. The first kappa shape index (κ1) is 13.8. The van der Waals surface area contributed by atoms with Crippen molar-refractivity contribution in [3.8, 4) is 0 Å². The minimum Gasteiger partial charge on any atom is -0.325 e. The zero-order valence-corrected chi connectivity index (χ0v) is 12.6. The zero-order chi connectivity index (χ0) is 13.8. The highest BCUT2D eigenvalue weighted by Crippen LogP contribution is 2.23. The second-order valence-electron chi connectivity index (χ2n) is 4.58. The molecule has 0 radical (unpaired) electrons. The van der Waals surface area contributed by atoms with Gasteiger partial charge in [0.15, 0.2) is 0 Å². The van der Waals surface area contributed by atoms with E-state index in [2.05, 4.69) is 21.2 Å². The SMILES string of the molecule is Cc1ccc(Br)cc1NC(=O)C(C)c1ccccc1. The van der Waals surface area contributed by atoms with E-state index >= 15 is 0 Å². The van der Waals surface area contributed by atoms with Crippen LogP contribution in [-0.4, -0.2) is 5.91 Å². The summed E-state index contributed by atoms with van der Waals surface area (Å²) >= 11 is 3.42. The lowest BCUT2D eigenvalue weighted by Crippen LogP contribution is -2.19. The van der Waals surface area contributed by atoms with E-state index in [1.54, 1.807) is 0 Å². The van der Waals surface area contributed by atoms with Gasteiger partial charge in [-0.15, -0.1) is 0 Å². The van der Waals surface area contributed by atoms with Crippen LogP contribution in [-0.2, 0) is 4.79 Å². The van der Waals surface area contributed by atoms with Crippen molar-refractivity contribution in [2.24, 2.45) is 0 Å². The number of rotatable bonds is 3. The maximum absolute atomic E-state index is 12.2. The molecule has 0 aliphatic heterocycles. The van der Waals surface area contributed by atoms with Crippen molar-refractivity contribution in [1.82, 2.24) is 0 Å². The van der Waals surface area contributed by atoms with Crippen molar-refractivity contribution in [2.45, 2.75) is 19.8 Å². The summed E-state index contributed by atoms with van der Waals surface area (Å²) in [6.07, 6.45) is 0. The summed E-state index contributed by atoms with van der Waals surface area (Å²) in [6, 6.07) is 15.7. The summed E-state index contributed by atoms with van der Waals surface area (Å²) in [5, 5.41) is 2.98. The number of anilines is 1. The highest BCUT2D eigenvalue weighted by molar-refractivity contribution is 9.10. The number of benzene rings is 2. The lowest BCUT2D eigenvalue weighted by Gasteiger charge is -2.14. The monoisotopic (exact) mass is 317 g/mol. The van der Waals surface area contributed by atoms with Crippen LogP contribution in [0, 0.1) is 6.92 Å². The van der Waals surface area contributed by atoms with Gasteiger partial charge in [0.2, 0.25) is 5.91 Å². The zero-order valence-electron chi connectivity index (χ0n) is 11.0. The Kier molecular flexibility index (Phi) is 4.38. The molecule has 1 N–H and O–H groups in total. The standard InChI is InChI=1S/C16H16BrNO/c1-11-8-9-14(17)10-15(11)18-16(19)12(2)13-6-4-3-5-7-13/h3-10,12H,1-2H3,(H,18,19). The van der Waals surface area contributed by atoms with E-state index in [9.17, 15) is 4.79 Å². The Balaban J connectivity index is 2.15. The number of carbonyl (C=O) groups excluding carboxylic acids is 1. The molecule has 1 atom stereocenters. The number of halogens is 1. The van der Waals surface area contributed by atoms with Crippen LogP contribution in [0.3, 0.4) is 0 Å². The van der Waals surface area contributed by atoms with Gasteiger partial charge in [0.1, 0.15) is 0 Å². The third-order valence-electron chi connectivity index (χ3n) is 3.15. The molecular formula is C16H16BrNO. The first-order valence-corrected chi connectivity index (χ1v) is 6.99. The van der Waals surface area contributed by atoms with Gasteiger partial charge < -0.3 is 5.32 Å². The van der Waals surface area contributed by atoms with E-state index in [0.29, 0.717) is 0 Å². The first-order valence-electron chi connectivity index (χ1n) is 6.20. The van der Waals surface area contributed by atoms with E-state index in [0.717, 1.165) is 21.3 Å².